The molecule has 0 fully saturated rings. The fourth-order valence-corrected chi connectivity index (χ4v) is 5.78. The van der Waals surface area contributed by atoms with E-state index >= 15 is 0 Å². The van der Waals surface area contributed by atoms with Crippen molar-refractivity contribution in [3.05, 3.63) is 101 Å². The van der Waals surface area contributed by atoms with Gasteiger partial charge in [0, 0.05) is 17.1 Å². The van der Waals surface area contributed by atoms with Gasteiger partial charge in [0.05, 0.1) is 23.7 Å². The molecular weight excluding hydrogens is 572 g/mol. The molecule has 5 rings (SSSR count). The van der Waals surface area contributed by atoms with E-state index in [1.165, 1.54) is 4.90 Å². The second-order valence-corrected chi connectivity index (χ2v) is 11.1. The third kappa shape index (κ3) is 6.45. The Bertz CT molecular complexity index is 1730. The van der Waals surface area contributed by atoms with Gasteiger partial charge < -0.3 is 14.4 Å². The number of para-hydroxylation sites is 1. The lowest BCUT2D eigenvalue weighted by Crippen LogP contribution is -2.27. The number of ether oxygens (including phenoxy) is 1. The van der Waals surface area contributed by atoms with Crippen LogP contribution in [0.25, 0.3) is 33.2 Å². The summed E-state index contributed by atoms with van der Waals surface area (Å²) in [5, 5.41) is 15.6. The number of aromatic nitrogens is 1. The number of carbonyl (C=O) groups excluding carboxylic acids is 1. The largest absolute Gasteiger partial charge is 0.481 e. The summed E-state index contributed by atoms with van der Waals surface area (Å²) in [5.41, 5.74) is 5.58. The van der Waals surface area contributed by atoms with Gasteiger partial charge in [0.25, 0.3) is 0 Å². The van der Waals surface area contributed by atoms with Crippen LogP contribution in [0.2, 0.25) is 5.02 Å². The van der Waals surface area contributed by atoms with E-state index in [1.54, 1.807) is 49.9 Å². The molecule has 1 amide bonds. The summed E-state index contributed by atoms with van der Waals surface area (Å²) in [6.45, 7) is 3.70. The molecule has 1 N–H and O–H groups in total. The summed E-state index contributed by atoms with van der Waals surface area (Å²) in [6, 6.07) is 27.7. The van der Waals surface area contributed by atoms with Crippen molar-refractivity contribution in [2.75, 3.05) is 17.3 Å². The number of aliphatic carboxylic acids is 1. The van der Waals surface area contributed by atoms with E-state index in [4.69, 9.17) is 26.0 Å². The second-order valence-electron chi connectivity index (χ2n) is 9.59. The molecule has 7 nitrogen and oxygen atoms in total. The van der Waals surface area contributed by atoms with Crippen LogP contribution in [0.1, 0.15) is 24.7 Å². The van der Waals surface area contributed by atoms with Crippen molar-refractivity contribution in [3.63, 3.8) is 0 Å². The van der Waals surface area contributed by atoms with Crippen molar-refractivity contribution in [2.45, 2.75) is 26.0 Å². The van der Waals surface area contributed by atoms with Crippen LogP contribution >= 0.6 is 23.4 Å². The highest BCUT2D eigenvalue weighted by molar-refractivity contribution is 7.98. The number of benzene rings is 4. The van der Waals surface area contributed by atoms with Gasteiger partial charge in [-0.25, -0.2) is 9.69 Å². The molecule has 1 aromatic heterocycles. The maximum absolute atomic E-state index is 13.2. The summed E-state index contributed by atoms with van der Waals surface area (Å²) in [4.78, 5) is 25.3. The van der Waals surface area contributed by atoms with E-state index < -0.39 is 12.1 Å². The van der Waals surface area contributed by atoms with Gasteiger partial charge in [-0.05, 0) is 65.6 Å². The third-order valence-electron chi connectivity index (χ3n) is 6.73. The monoisotopic (exact) mass is 600 g/mol. The Labute approximate surface area is 253 Å². The van der Waals surface area contributed by atoms with E-state index in [9.17, 15) is 9.59 Å². The van der Waals surface area contributed by atoms with Crippen LogP contribution < -0.4 is 4.90 Å². The molecule has 0 aliphatic heterocycles. The second kappa shape index (κ2) is 13.1. The number of thioether (sulfide) groups is 1. The fourth-order valence-electron chi connectivity index (χ4n) is 4.67. The van der Waals surface area contributed by atoms with Gasteiger partial charge in [0.15, 0.2) is 5.76 Å². The zero-order chi connectivity index (χ0) is 29.6. The summed E-state index contributed by atoms with van der Waals surface area (Å²) >= 11 is 8.12. The molecule has 0 bridgehead atoms. The van der Waals surface area contributed by atoms with Crippen molar-refractivity contribution in [1.29, 1.82) is 0 Å². The predicted molar refractivity (Wildman–Crippen MR) is 169 cm³/mol. The molecule has 214 valence electrons. The minimum absolute atomic E-state index is 0.171. The van der Waals surface area contributed by atoms with Crippen LogP contribution in [0.15, 0.2) is 89.5 Å². The Kier molecular flexibility index (Phi) is 9.15. The quantitative estimate of drug-likeness (QED) is 0.160. The van der Waals surface area contributed by atoms with E-state index in [1.807, 2.05) is 18.2 Å². The van der Waals surface area contributed by atoms with Crippen molar-refractivity contribution < 1.29 is 24.0 Å². The number of amides is 1. The molecule has 0 radical (unpaired) electrons. The normalized spacial score (nSPS) is 11.0. The Morgan fingerprint density at radius 3 is 2.31 bits per heavy atom. The number of carboxylic acids is 1. The average molecular weight is 601 g/mol. The van der Waals surface area contributed by atoms with Crippen molar-refractivity contribution in [2.24, 2.45) is 0 Å². The van der Waals surface area contributed by atoms with Crippen molar-refractivity contribution in [3.8, 4) is 22.4 Å². The number of nitrogens with zero attached hydrogens (tertiary/aromatic N) is 2. The minimum atomic E-state index is -0.770. The lowest BCUT2D eigenvalue weighted by atomic mass is 9.98. The summed E-state index contributed by atoms with van der Waals surface area (Å²) in [7, 11) is 0. The van der Waals surface area contributed by atoms with Gasteiger partial charge in [-0.3, -0.25) is 4.79 Å². The molecule has 0 atom stereocenters. The summed E-state index contributed by atoms with van der Waals surface area (Å²) in [5.74, 6) is 1.06. The number of hydrogen-bond donors (Lipinski definition) is 1. The highest BCUT2D eigenvalue weighted by atomic mass is 35.5. The van der Waals surface area contributed by atoms with Crippen LogP contribution in [0, 0.1) is 6.92 Å². The molecule has 0 unspecified atom stereocenters. The van der Waals surface area contributed by atoms with Crippen molar-refractivity contribution in [1.82, 2.24) is 5.16 Å². The molecule has 0 aliphatic carbocycles. The van der Waals surface area contributed by atoms with E-state index in [-0.39, 0.29) is 13.0 Å². The molecule has 42 heavy (non-hydrogen) atoms. The molecule has 5 aromatic rings. The van der Waals surface area contributed by atoms with E-state index in [2.05, 4.69) is 47.6 Å². The van der Waals surface area contributed by atoms with Gasteiger partial charge >= 0.3 is 12.1 Å². The van der Waals surface area contributed by atoms with E-state index in [0.717, 1.165) is 38.8 Å². The standard InChI is InChI=1S/C33H29ClN2O5S/c1-3-40-33(39)36(29-7-5-4-6-28(29)34)32-21(2)41-35-31(32)27-15-14-25-18-24(12-13-26(25)19-27)23-10-8-22(9-11-23)20-42-17-16-30(37)38/h4-15,18-19H,3,16-17,20H2,1-2H3,(H,37,38). The lowest BCUT2D eigenvalue weighted by Gasteiger charge is -2.23. The number of rotatable bonds is 10. The van der Waals surface area contributed by atoms with Gasteiger partial charge in [0.2, 0.25) is 0 Å². The molecule has 1 heterocycles. The van der Waals surface area contributed by atoms with Gasteiger partial charge in [0.1, 0.15) is 11.4 Å². The molecule has 0 saturated heterocycles. The molecule has 0 aliphatic rings. The first-order valence-electron chi connectivity index (χ1n) is 13.5. The highest BCUT2D eigenvalue weighted by Gasteiger charge is 2.30. The Balaban J connectivity index is 1.43. The van der Waals surface area contributed by atoms with Crippen LogP contribution in [0.4, 0.5) is 16.2 Å². The maximum Gasteiger partial charge on any atom is 0.419 e. The zero-order valence-corrected chi connectivity index (χ0v) is 24.7. The topological polar surface area (TPSA) is 92.9 Å². The average Bonchev–Trinajstić information content (AvgIpc) is 3.37. The smallest absolute Gasteiger partial charge is 0.419 e. The first-order chi connectivity index (χ1) is 20.4. The van der Waals surface area contributed by atoms with Gasteiger partial charge in [-0.1, -0.05) is 77.4 Å². The van der Waals surface area contributed by atoms with Crippen LogP contribution in [0.5, 0.6) is 0 Å². The fraction of sp³-hybridized carbons (Fsp3) is 0.182. The number of anilines is 2. The molecule has 0 saturated carbocycles. The lowest BCUT2D eigenvalue weighted by molar-refractivity contribution is -0.136. The number of carbonyl (C=O) groups is 2. The van der Waals surface area contributed by atoms with Crippen LogP contribution in [-0.4, -0.2) is 34.7 Å². The third-order valence-corrected chi connectivity index (χ3v) is 8.08. The molecule has 0 spiro atoms. The summed E-state index contributed by atoms with van der Waals surface area (Å²) in [6.07, 6.45) is -0.405. The van der Waals surface area contributed by atoms with E-state index in [0.29, 0.717) is 33.6 Å². The number of aryl methyl sites for hydroxylation is 1. The first kappa shape index (κ1) is 29.2. The minimum Gasteiger partial charge on any atom is -0.481 e. The molecular formula is C33H29ClN2O5S. The maximum atomic E-state index is 13.2. The summed E-state index contributed by atoms with van der Waals surface area (Å²) < 4.78 is 11.0. The highest BCUT2D eigenvalue weighted by Crippen LogP contribution is 2.41. The number of halogens is 1. The Morgan fingerprint density at radius 1 is 0.952 bits per heavy atom. The van der Waals surface area contributed by atoms with Crippen molar-refractivity contribution >= 4 is 57.6 Å². The SMILES string of the molecule is CCOC(=O)N(c1ccccc1Cl)c1c(-c2ccc3cc(-c4ccc(CSCCC(=O)O)cc4)ccc3c2)noc1C. The van der Waals surface area contributed by atoms with Crippen LogP contribution in [-0.2, 0) is 15.3 Å². The molecule has 4 aromatic carbocycles. The first-order valence-corrected chi connectivity index (χ1v) is 15.0. The number of hydrogen-bond acceptors (Lipinski definition) is 6. The van der Waals surface area contributed by atoms with Gasteiger partial charge in [-0.15, -0.1) is 0 Å². The van der Waals surface area contributed by atoms with Crippen LogP contribution in [0.3, 0.4) is 0 Å². The van der Waals surface area contributed by atoms with Gasteiger partial charge in [-0.2, -0.15) is 11.8 Å². The number of fused-ring (bicyclic) bond motifs is 1. The molecule has 9 heteroatoms. The zero-order valence-electron chi connectivity index (χ0n) is 23.2. The Morgan fingerprint density at radius 2 is 1.62 bits per heavy atom. The predicted octanol–water partition coefficient (Wildman–Crippen LogP) is 9.13. The number of carboxylic acid groups (broad SMARTS) is 1. The Hall–Kier alpha value is -4.27.